The molecule has 2 heterocycles. The minimum absolute atomic E-state index is 0.277. The number of carbonyl (C=O) groups excluding carboxylic acids is 1. The molecule has 0 aliphatic carbocycles. The fourth-order valence-electron chi connectivity index (χ4n) is 2.96. The first kappa shape index (κ1) is 20.8. The molecule has 4 rings (SSSR count). The summed E-state index contributed by atoms with van der Waals surface area (Å²) in [4.78, 5) is 33.0. The number of halogens is 1. The van der Waals surface area contributed by atoms with Gasteiger partial charge in [0.25, 0.3) is 5.56 Å². The van der Waals surface area contributed by atoms with E-state index in [1.807, 2.05) is 11.4 Å². The molecular weight excluding hydrogens is 435 g/mol. The topological polar surface area (TPSA) is 98.6 Å². The first-order valence-electron chi connectivity index (χ1n) is 9.20. The van der Waals surface area contributed by atoms with E-state index < -0.39 is 5.25 Å². The number of fused-ring (bicyclic) bond motifs is 1. The van der Waals surface area contributed by atoms with E-state index in [1.54, 1.807) is 43.3 Å². The summed E-state index contributed by atoms with van der Waals surface area (Å²) in [6.07, 6.45) is 0. The molecule has 2 aromatic heterocycles. The lowest BCUT2D eigenvalue weighted by atomic mass is 10.1. The summed E-state index contributed by atoms with van der Waals surface area (Å²) in [6, 6.07) is 14.6. The van der Waals surface area contributed by atoms with Crippen molar-refractivity contribution in [3.8, 4) is 17.2 Å². The maximum absolute atomic E-state index is 13.2. The molecule has 1 atom stereocenters. The fraction of sp³-hybridized carbons (Fsp3) is 0.0909. The van der Waals surface area contributed by atoms with E-state index in [0.717, 1.165) is 17.3 Å². The van der Waals surface area contributed by atoms with Gasteiger partial charge in [0.05, 0.1) is 22.3 Å². The Balaban J connectivity index is 1.55. The third-order valence-electron chi connectivity index (χ3n) is 4.49. The SMILES string of the molecule is CC(Sc1nc2scc(-c3ccc(F)cc3)c2c(=O)[nH]1)C(=O)Nc1cccc(C#N)c1. The van der Waals surface area contributed by atoms with Crippen molar-refractivity contribution in [1.82, 2.24) is 9.97 Å². The van der Waals surface area contributed by atoms with Crippen molar-refractivity contribution in [3.63, 3.8) is 0 Å². The number of anilines is 1. The highest BCUT2D eigenvalue weighted by atomic mass is 32.2. The lowest BCUT2D eigenvalue weighted by Crippen LogP contribution is -2.23. The van der Waals surface area contributed by atoms with Gasteiger partial charge < -0.3 is 10.3 Å². The molecular formula is C22H15FN4O2S2. The van der Waals surface area contributed by atoms with Gasteiger partial charge in [-0.25, -0.2) is 9.37 Å². The van der Waals surface area contributed by atoms with Crippen molar-refractivity contribution in [2.24, 2.45) is 0 Å². The van der Waals surface area contributed by atoms with Crippen LogP contribution in [0.15, 0.2) is 63.9 Å². The molecule has 0 aliphatic rings. The Kier molecular flexibility index (Phi) is 5.84. The van der Waals surface area contributed by atoms with E-state index in [2.05, 4.69) is 15.3 Å². The highest BCUT2D eigenvalue weighted by Gasteiger charge is 2.19. The molecule has 0 saturated carbocycles. The van der Waals surface area contributed by atoms with Crippen LogP contribution in [0, 0.1) is 17.1 Å². The van der Waals surface area contributed by atoms with Gasteiger partial charge >= 0.3 is 0 Å². The average Bonchev–Trinajstić information content (AvgIpc) is 3.19. The predicted molar refractivity (Wildman–Crippen MR) is 121 cm³/mol. The zero-order valence-electron chi connectivity index (χ0n) is 16.2. The van der Waals surface area contributed by atoms with Crippen LogP contribution in [-0.4, -0.2) is 21.1 Å². The quantitative estimate of drug-likeness (QED) is 0.337. The number of nitriles is 1. The molecule has 154 valence electrons. The van der Waals surface area contributed by atoms with Gasteiger partial charge in [0.15, 0.2) is 5.16 Å². The Bertz CT molecular complexity index is 1370. The third-order valence-corrected chi connectivity index (χ3v) is 6.35. The molecule has 6 nitrogen and oxygen atoms in total. The monoisotopic (exact) mass is 450 g/mol. The maximum atomic E-state index is 13.2. The Hall–Kier alpha value is -3.48. The van der Waals surface area contributed by atoms with E-state index in [4.69, 9.17) is 5.26 Å². The standard InChI is InChI=1S/C22H15FN4O2S2/c1-12(19(28)25-16-4-2-3-13(9-16)10-24)31-22-26-20(29)18-17(11-30-21(18)27-22)14-5-7-15(23)8-6-14/h2-9,11-12H,1H3,(H,25,28)(H,26,27,29). The Morgan fingerprint density at radius 3 is 2.81 bits per heavy atom. The number of thioether (sulfide) groups is 1. The Morgan fingerprint density at radius 2 is 2.06 bits per heavy atom. The minimum atomic E-state index is -0.539. The Morgan fingerprint density at radius 1 is 1.29 bits per heavy atom. The van der Waals surface area contributed by atoms with Crippen LogP contribution in [0.3, 0.4) is 0 Å². The summed E-state index contributed by atoms with van der Waals surface area (Å²) < 4.78 is 13.2. The molecule has 0 bridgehead atoms. The van der Waals surface area contributed by atoms with E-state index in [0.29, 0.717) is 32.2 Å². The van der Waals surface area contributed by atoms with Crippen LogP contribution in [0.5, 0.6) is 0 Å². The molecule has 9 heteroatoms. The highest BCUT2D eigenvalue weighted by molar-refractivity contribution is 8.00. The lowest BCUT2D eigenvalue weighted by molar-refractivity contribution is -0.115. The summed E-state index contributed by atoms with van der Waals surface area (Å²) in [7, 11) is 0. The van der Waals surface area contributed by atoms with Crippen LogP contribution < -0.4 is 10.9 Å². The average molecular weight is 451 g/mol. The zero-order chi connectivity index (χ0) is 22.0. The molecule has 31 heavy (non-hydrogen) atoms. The number of nitrogens with one attached hydrogen (secondary N) is 2. The van der Waals surface area contributed by atoms with Crippen molar-refractivity contribution < 1.29 is 9.18 Å². The number of thiophene rings is 1. The fourth-order valence-corrected chi connectivity index (χ4v) is 4.76. The summed E-state index contributed by atoms with van der Waals surface area (Å²) in [5.74, 6) is -0.623. The van der Waals surface area contributed by atoms with Crippen molar-refractivity contribution >= 4 is 44.9 Å². The minimum Gasteiger partial charge on any atom is -0.325 e. The molecule has 1 amide bonds. The summed E-state index contributed by atoms with van der Waals surface area (Å²) in [6.45, 7) is 1.71. The second-order valence-corrected chi connectivity index (χ2v) is 8.84. The van der Waals surface area contributed by atoms with Crippen molar-refractivity contribution in [3.05, 3.63) is 75.6 Å². The van der Waals surface area contributed by atoms with Gasteiger partial charge in [-0.3, -0.25) is 9.59 Å². The summed E-state index contributed by atoms with van der Waals surface area (Å²) in [5, 5.41) is 13.8. The van der Waals surface area contributed by atoms with Crippen LogP contribution in [0.4, 0.5) is 10.1 Å². The van der Waals surface area contributed by atoms with Gasteiger partial charge in [0.1, 0.15) is 10.6 Å². The van der Waals surface area contributed by atoms with Crippen LogP contribution >= 0.6 is 23.1 Å². The lowest BCUT2D eigenvalue weighted by Gasteiger charge is -2.11. The van der Waals surface area contributed by atoms with Crippen molar-refractivity contribution in [2.45, 2.75) is 17.3 Å². The van der Waals surface area contributed by atoms with Crippen LogP contribution in [0.1, 0.15) is 12.5 Å². The second-order valence-electron chi connectivity index (χ2n) is 6.65. The molecule has 0 fully saturated rings. The molecule has 1 unspecified atom stereocenters. The summed E-state index contributed by atoms with van der Waals surface area (Å²) in [5.41, 5.74) is 2.07. The number of amides is 1. The molecule has 2 N–H and O–H groups in total. The van der Waals surface area contributed by atoms with Crippen LogP contribution in [-0.2, 0) is 4.79 Å². The third kappa shape index (κ3) is 4.50. The molecule has 0 aliphatic heterocycles. The van der Waals surface area contributed by atoms with E-state index >= 15 is 0 Å². The molecule has 0 saturated heterocycles. The van der Waals surface area contributed by atoms with E-state index in [1.165, 1.54) is 23.5 Å². The Labute approximate surface area is 184 Å². The number of H-pyrrole nitrogens is 1. The van der Waals surface area contributed by atoms with Gasteiger partial charge in [-0.05, 0) is 42.8 Å². The zero-order valence-corrected chi connectivity index (χ0v) is 17.8. The van der Waals surface area contributed by atoms with Crippen LogP contribution in [0.25, 0.3) is 21.3 Å². The van der Waals surface area contributed by atoms with Crippen LogP contribution in [0.2, 0.25) is 0 Å². The first-order chi connectivity index (χ1) is 14.9. The molecule has 0 spiro atoms. The van der Waals surface area contributed by atoms with Gasteiger partial charge in [-0.15, -0.1) is 11.3 Å². The normalized spacial score (nSPS) is 11.8. The van der Waals surface area contributed by atoms with Gasteiger partial charge in [-0.1, -0.05) is 30.0 Å². The van der Waals surface area contributed by atoms with Crippen molar-refractivity contribution in [1.29, 1.82) is 5.26 Å². The van der Waals surface area contributed by atoms with Gasteiger partial charge in [-0.2, -0.15) is 5.26 Å². The second kappa shape index (κ2) is 8.71. The number of hydrogen-bond acceptors (Lipinski definition) is 6. The number of aromatic nitrogens is 2. The smallest absolute Gasteiger partial charge is 0.260 e. The maximum Gasteiger partial charge on any atom is 0.260 e. The van der Waals surface area contributed by atoms with Gasteiger partial charge in [0.2, 0.25) is 5.91 Å². The number of rotatable bonds is 5. The number of aromatic amines is 1. The largest absolute Gasteiger partial charge is 0.325 e. The molecule has 0 radical (unpaired) electrons. The van der Waals surface area contributed by atoms with Crippen molar-refractivity contribution in [2.75, 3.05) is 5.32 Å². The molecule has 2 aromatic carbocycles. The number of benzene rings is 2. The highest BCUT2D eigenvalue weighted by Crippen LogP contribution is 2.32. The van der Waals surface area contributed by atoms with E-state index in [9.17, 15) is 14.0 Å². The molecule has 4 aromatic rings. The number of carbonyl (C=O) groups is 1. The summed E-state index contributed by atoms with van der Waals surface area (Å²) >= 11 is 2.44. The number of hydrogen-bond donors (Lipinski definition) is 2. The predicted octanol–water partition coefficient (Wildman–Crippen LogP) is 4.78. The number of nitrogens with zero attached hydrogens (tertiary/aromatic N) is 2. The van der Waals surface area contributed by atoms with E-state index in [-0.39, 0.29) is 17.3 Å². The first-order valence-corrected chi connectivity index (χ1v) is 11.0. The van der Waals surface area contributed by atoms with Gasteiger partial charge in [0, 0.05) is 16.6 Å².